The van der Waals surface area contributed by atoms with Gasteiger partial charge in [-0.3, -0.25) is 4.79 Å². The highest BCUT2D eigenvalue weighted by molar-refractivity contribution is 5.88. The van der Waals surface area contributed by atoms with Crippen LogP contribution in [0.2, 0.25) is 0 Å². The van der Waals surface area contributed by atoms with Gasteiger partial charge in [0.2, 0.25) is 0 Å². The van der Waals surface area contributed by atoms with Crippen molar-refractivity contribution < 1.29 is 19.4 Å². The van der Waals surface area contributed by atoms with Crippen molar-refractivity contribution in [1.29, 1.82) is 0 Å². The maximum Gasteiger partial charge on any atom is 0.333 e. The van der Waals surface area contributed by atoms with E-state index in [-0.39, 0.29) is 17.3 Å². The van der Waals surface area contributed by atoms with Crippen molar-refractivity contribution in [2.75, 3.05) is 0 Å². The lowest BCUT2D eigenvalue weighted by Crippen LogP contribution is -2.63. The van der Waals surface area contributed by atoms with Crippen molar-refractivity contribution in [3.8, 4) is 0 Å². The molecule has 0 aliphatic heterocycles. The zero-order valence-electron chi connectivity index (χ0n) is 18.4. The molecule has 2 bridgehead atoms. The van der Waals surface area contributed by atoms with E-state index >= 15 is 0 Å². The first kappa shape index (κ1) is 20.7. The van der Waals surface area contributed by atoms with Crippen molar-refractivity contribution in [2.24, 2.45) is 34.0 Å². The van der Waals surface area contributed by atoms with Gasteiger partial charge in [0.1, 0.15) is 11.5 Å². The van der Waals surface area contributed by atoms with Gasteiger partial charge >= 0.3 is 11.9 Å². The second kappa shape index (κ2) is 6.72. The molecule has 4 aliphatic rings. The highest BCUT2D eigenvalue weighted by Crippen LogP contribution is 2.72. The Morgan fingerprint density at radius 3 is 2.52 bits per heavy atom. The molecule has 4 rings (SSSR count). The summed E-state index contributed by atoms with van der Waals surface area (Å²) in [6, 6.07) is 0. The number of carboxylic acid groups (broad SMARTS) is 1. The quantitative estimate of drug-likeness (QED) is 0.384. The fourth-order valence-corrected chi connectivity index (χ4v) is 8.06. The molecule has 0 saturated heterocycles. The molecule has 7 atom stereocenters. The second-order valence-electron chi connectivity index (χ2n) is 10.8. The van der Waals surface area contributed by atoms with Gasteiger partial charge in [-0.1, -0.05) is 25.2 Å². The molecule has 0 radical (unpaired) electrons. The molecule has 4 saturated carbocycles. The van der Waals surface area contributed by atoms with Crippen molar-refractivity contribution in [1.82, 2.24) is 0 Å². The maximum atomic E-state index is 12.7. The first-order valence-corrected chi connectivity index (χ1v) is 11.3. The van der Waals surface area contributed by atoms with Crippen LogP contribution in [0.4, 0.5) is 0 Å². The zero-order chi connectivity index (χ0) is 21.2. The molecule has 0 heterocycles. The van der Waals surface area contributed by atoms with Gasteiger partial charge in [0, 0.05) is 5.57 Å². The molecular formula is C25H36O4. The average molecular weight is 401 g/mol. The first-order valence-electron chi connectivity index (χ1n) is 11.3. The van der Waals surface area contributed by atoms with Gasteiger partial charge in [-0.05, 0) is 101 Å². The minimum atomic E-state index is -1.04. The normalized spacial score (nSPS) is 46.6. The average Bonchev–Trinajstić information content (AvgIpc) is 2.91. The largest absolute Gasteiger partial charge is 0.481 e. The van der Waals surface area contributed by atoms with E-state index in [1.165, 1.54) is 24.8 Å². The summed E-state index contributed by atoms with van der Waals surface area (Å²) < 4.78 is 5.83. The third-order valence-electron chi connectivity index (χ3n) is 9.68. The van der Waals surface area contributed by atoms with E-state index in [9.17, 15) is 14.7 Å². The molecule has 0 aromatic heterocycles. The van der Waals surface area contributed by atoms with Crippen LogP contribution >= 0.6 is 0 Å². The number of fused-ring (bicyclic) bond motifs is 3. The molecule has 1 spiro atoms. The lowest BCUT2D eigenvalue weighted by atomic mass is 9.40. The lowest BCUT2D eigenvalue weighted by Gasteiger charge is -2.64. The third-order valence-corrected chi connectivity index (χ3v) is 9.68. The summed E-state index contributed by atoms with van der Waals surface area (Å²) in [6.45, 7) is 12.1. The zero-order valence-corrected chi connectivity index (χ0v) is 18.4. The number of esters is 1. The molecule has 0 unspecified atom stereocenters. The van der Waals surface area contributed by atoms with E-state index in [2.05, 4.69) is 13.5 Å². The Hall–Kier alpha value is -1.58. The summed E-state index contributed by atoms with van der Waals surface area (Å²) in [4.78, 5) is 25.1. The van der Waals surface area contributed by atoms with E-state index in [0.29, 0.717) is 29.2 Å². The van der Waals surface area contributed by atoms with Crippen LogP contribution in [0.5, 0.6) is 0 Å². The summed E-state index contributed by atoms with van der Waals surface area (Å²) in [5.41, 5.74) is 1.25. The van der Waals surface area contributed by atoms with Crippen LogP contribution in [0, 0.1) is 34.0 Å². The molecule has 4 fully saturated rings. The monoisotopic (exact) mass is 400 g/mol. The highest BCUT2D eigenvalue weighted by Gasteiger charge is 2.67. The van der Waals surface area contributed by atoms with Crippen LogP contribution in [0.3, 0.4) is 0 Å². The van der Waals surface area contributed by atoms with Gasteiger partial charge in [-0.25, -0.2) is 4.79 Å². The summed E-state index contributed by atoms with van der Waals surface area (Å²) >= 11 is 0. The molecule has 0 aromatic rings. The number of carboxylic acids is 1. The van der Waals surface area contributed by atoms with E-state index in [4.69, 9.17) is 4.74 Å². The number of carbonyl (C=O) groups excluding carboxylic acids is 1. The molecule has 29 heavy (non-hydrogen) atoms. The second-order valence-corrected chi connectivity index (χ2v) is 10.8. The minimum absolute atomic E-state index is 0.0144. The summed E-state index contributed by atoms with van der Waals surface area (Å²) in [5.74, 6) is 0.0690. The maximum absolute atomic E-state index is 12.7. The summed E-state index contributed by atoms with van der Waals surface area (Å²) in [5, 5.41) is 10.4. The Morgan fingerprint density at radius 1 is 1.14 bits per heavy atom. The van der Waals surface area contributed by atoms with Gasteiger partial charge < -0.3 is 9.84 Å². The van der Waals surface area contributed by atoms with Gasteiger partial charge in [0.25, 0.3) is 0 Å². The number of rotatable bonds is 3. The van der Waals surface area contributed by atoms with E-state index in [1.54, 1.807) is 19.9 Å². The number of carbonyl (C=O) groups is 2. The van der Waals surface area contributed by atoms with Crippen LogP contribution in [0.1, 0.15) is 79.1 Å². The fraction of sp³-hybridized carbons (Fsp3) is 0.760. The summed E-state index contributed by atoms with van der Waals surface area (Å²) in [6.07, 6.45) is 9.51. The SMILES string of the molecule is C=C1C[C@@]23CC[C@H]4[C@@](C)(CC[C@@H](OC(=O)/C(C)=C\C)[C@@]4(C)C(=O)O)[C@@H]2CC[C@H]1C3. The first-order chi connectivity index (χ1) is 13.6. The number of hydrogen-bond donors (Lipinski definition) is 1. The standard InChI is InChI=1S/C25H36O4/c1-6-15(2)21(26)29-20-10-11-23(4)18(24(20,5)22(27)28)9-12-25-13-16(3)17(14-25)7-8-19(23)25/h6,17-20H,3,7-14H2,1-2,4-5H3,(H,27,28)/b15-6-/t17-,18-,19-,20+,23+,24-,25+/m0/s1. The van der Waals surface area contributed by atoms with Gasteiger partial charge in [-0.2, -0.15) is 0 Å². The van der Waals surface area contributed by atoms with Crippen LogP contribution < -0.4 is 0 Å². The van der Waals surface area contributed by atoms with E-state index < -0.39 is 17.5 Å². The van der Waals surface area contributed by atoms with Crippen LogP contribution in [-0.2, 0) is 14.3 Å². The van der Waals surface area contributed by atoms with Crippen molar-refractivity contribution in [2.45, 2.75) is 85.2 Å². The third kappa shape index (κ3) is 2.77. The van der Waals surface area contributed by atoms with E-state index in [0.717, 1.165) is 25.7 Å². The molecule has 160 valence electrons. The molecule has 0 amide bonds. The van der Waals surface area contributed by atoms with Gasteiger partial charge in [0.05, 0.1) is 0 Å². The number of hydrogen-bond acceptors (Lipinski definition) is 3. The summed E-state index contributed by atoms with van der Waals surface area (Å²) in [7, 11) is 0. The number of aliphatic carboxylic acids is 1. The number of allylic oxidation sites excluding steroid dienone is 2. The Labute approximate surface area is 174 Å². The Bertz CT molecular complexity index is 782. The molecule has 1 N–H and O–H groups in total. The smallest absolute Gasteiger partial charge is 0.333 e. The van der Waals surface area contributed by atoms with E-state index in [1.807, 2.05) is 6.92 Å². The predicted molar refractivity (Wildman–Crippen MR) is 112 cm³/mol. The molecular weight excluding hydrogens is 364 g/mol. The molecule has 4 heteroatoms. The van der Waals surface area contributed by atoms with Crippen molar-refractivity contribution >= 4 is 11.9 Å². The molecule has 0 aromatic carbocycles. The predicted octanol–water partition coefficient (Wildman–Crippen LogP) is 5.53. The Morgan fingerprint density at radius 2 is 1.86 bits per heavy atom. The van der Waals surface area contributed by atoms with Gasteiger partial charge in [0.15, 0.2) is 0 Å². The Balaban J connectivity index is 1.68. The van der Waals surface area contributed by atoms with Crippen LogP contribution in [-0.4, -0.2) is 23.1 Å². The molecule has 4 aliphatic carbocycles. The highest BCUT2D eigenvalue weighted by atomic mass is 16.5. The lowest BCUT2D eigenvalue weighted by molar-refractivity contribution is -0.211. The van der Waals surface area contributed by atoms with Crippen molar-refractivity contribution in [3.05, 3.63) is 23.8 Å². The Kier molecular flexibility index (Phi) is 4.79. The van der Waals surface area contributed by atoms with Crippen molar-refractivity contribution in [3.63, 3.8) is 0 Å². The minimum Gasteiger partial charge on any atom is -0.481 e. The van der Waals surface area contributed by atoms with Crippen LogP contribution in [0.15, 0.2) is 23.8 Å². The van der Waals surface area contributed by atoms with Gasteiger partial charge in [-0.15, -0.1) is 0 Å². The van der Waals surface area contributed by atoms with Crippen LogP contribution in [0.25, 0.3) is 0 Å². The topological polar surface area (TPSA) is 63.6 Å². The number of ether oxygens (including phenoxy) is 1. The fourth-order valence-electron chi connectivity index (χ4n) is 8.06. The molecule has 4 nitrogen and oxygen atoms in total.